The van der Waals surface area contributed by atoms with Crippen molar-refractivity contribution in [2.24, 2.45) is 0 Å². The number of halogens is 5. The Balaban J connectivity index is 2.65. The van der Waals surface area contributed by atoms with Gasteiger partial charge in [-0.25, -0.2) is 18.2 Å². The zero-order valence-corrected chi connectivity index (χ0v) is 9.94. The average Bonchev–Trinajstić information content (AvgIpc) is 2.57. The second-order valence-corrected chi connectivity index (χ2v) is 4.09. The summed E-state index contributed by atoms with van der Waals surface area (Å²) in [7, 11) is 0. The van der Waals surface area contributed by atoms with E-state index in [4.69, 9.17) is 23.2 Å². The fourth-order valence-corrected chi connectivity index (χ4v) is 1.98. The lowest BCUT2D eigenvalue weighted by Gasteiger charge is -2.06. The SMILES string of the molecule is Fc1cc2nc(CCl)n(CC(F)F)c2cc1Cl. The molecular formula is C10H7Cl2F3N2. The minimum absolute atomic E-state index is 0.0271. The molecule has 0 saturated carbocycles. The van der Waals surface area contributed by atoms with Gasteiger partial charge in [0.25, 0.3) is 6.43 Å². The molecule has 0 radical (unpaired) electrons. The maximum atomic E-state index is 13.2. The summed E-state index contributed by atoms with van der Waals surface area (Å²) in [5.41, 5.74) is 0.621. The van der Waals surface area contributed by atoms with Gasteiger partial charge in [0.2, 0.25) is 0 Å². The highest BCUT2D eigenvalue weighted by Crippen LogP contribution is 2.25. The molecule has 2 aromatic rings. The van der Waals surface area contributed by atoms with Crippen LogP contribution < -0.4 is 0 Å². The van der Waals surface area contributed by atoms with Gasteiger partial charge in [-0.05, 0) is 6.07 Å². The molecule has 0 unspecified atom stereocenters. The zero-order valence-electron chi connectivity index (χ0n) is 8.43. The average molecular weight is 283 g/mol. The molecule has 0 aliphatic rings. The predicted octanol–water partition coefficient (Wildman–Crippen LogP) is 3.83. The van der Waals surface area contributed by atoms with Crippen molar-refractivity contribution < 1.29 is 13.2 Å². The molecule has 7 heteroatoms. The molecular weight excluding hydrogens is 276 g/mol. The minimum Gasteiger partial charge on any atom is -0.321 e. The Morgan fingerprint density at radius 2 is 2.06 bits per heavy atom. The van der Waals surface area contributed by atoms with Gasteiger partial charge in [0.15, 0.2) is 0 Å². The maximum Gasteiger partial charge on any atom is 0.256 e. The van der Waals surface area contributed by atoms with Gasteiger partial charge >= 0.3 is 0 Å². The Bertz CT molecular complexity index is 554. The van der Waals surface area contributed by atoms with Crippen LogP contribution in [0.3, 0.4) is 0 Å². The molecule has 0 aliphatic heterocycles. The van der Waals surface area contributed by atoms with E-state index in [9.17, 15) is 13.2 Å². The molecule has 92 valence electrons. The Kier molecular flexibility index (Phi) is 3.49. The second kappa shape index (κ2) is 4.74. The van der Waals surface area contributed by atoms with Crippen molar-refractivity contribution in [1.29, 1.82) is 0 Å². The minimum atomic E-state index is -2.54. The molecule has 0 bridgehead atoms. The van der Waals surface area contributed by atoms with Crippen LogP contribution in [-0.2, 0) is 12.4 Å². The summed E-state index contributed by atoms with van der Waals surface area (Å²) in [5, 5.41) is -0.131. The van der Waals surface area contributed by atoms with E-state index in [1.165, 1.54) is 10.6 Å². The third kappa shape index (κ3) is 2.35. The molecule has 0 saturated heterocycles. The maximum absolute atomic E-state index is 13.2. The standard InChI is InChI=1S/C10H7Cl2F3N2/c11-3-10-16-7-2-6(13)5(12)1-8(7)17(10)4-9(14)15/h1-2,9H,3-4H2. The van der Waals surface area contributed by atoms with E-state index in [2.05, 4.69) is 4.98 Å². The predicted molar refractivity (Wildman–Crippen MR) is 60.3 cm³/mol. The van der Waals surface area contributed by atoms with E-state index in [1.807, 2.05) is 0 Å². The summed E-state index contributed by atoms with van der Waals surface area (Å²) in [5.74, 6) is -0.397. The third-order valence-electron chi connectivity index (χ3n) is 2.31. The molecule has 0 fully saturated rings. The monoisotopic (exact) mass is 282 g/mol. The number of imidazole rings is 1. The number of aromatic nitrogens is 2. The summed E-state index contributed by atoms with van der Waals surface area (Å²) in [4.78, 5) is 3.99. The Labute approximate surface area is 105 Å². The van der Waals surface area contributed by atoms with E-state index in [-0.39, 0.29) is 22.2 Å². The highest BCUT2D eigenvalue weighted by Gasteiger charge is 2.15. The van der Waals surface area contributed by atoms with Crippen LogP contribution in [0.25, 0.3) is 11.0 Å². The number of hydrogen-bond donors (Lipinski definition) is 0. The van der Waals surface area contributed by atoms with E-state index < -0.39 is 18.8 Å². The molecule has 0 aliphatic carbocycles. The summed E-state index contributed by atoms with van der Waals surface area (Å²) in [6.07, 6.45) is -2.54. The molecule has 0 amide bonds. The number of nitrogens with zero attached hydrogens (tertiary/aromatic N) is 2. The molecule has 0 spiro atoms. The van der Waals surface area contributed by atoms with Crippen molar-refractivity contribution in [2.75, 3.05) is 0 Å². The fourth-order valence-electron chi connectivity index (χ4n) is 1.61. The smallest absolute Gasteiger partial charge is 0.256 e. The highest BCUT2D eigenvalue weighted by atomic mass is 35.5. The Morgan fingerprint density at radius 3 is 2.65 bits per heavy atom. The van der Waals surface area contributed by atoms with Crippen molar-refractivity contribution in [1.82, 2.24) is 9.55 Å². The zero-order chi connectivity index (χ0) is 12.6. The lowest BCUT2D eigenvalue weighted by molar-refractivity contribution is 0.127. The second-order valence-electron chi connectivity index (χ2n) is 3.42. The van der Waals surface area contributed by atoms with Crippen LogP contribution in [0.2, 0.25) is 5.02 Å². The van der Waals surface area contributed by atoms with Gasteiger partial charge in [-0.15, -0.1) is 11.6 Å². The summed E-state index contributed by atoms with van der Waals surface area (Å²) in [6.45, 7) is -0.541. The summed E-state index contributed by atoms with van der Waals surface area (Å²) < 4.78 is 39.3. The topological polar surface area (TPSA) is 17.8 Å². The lowest BCUT2D eigenvalue weighted by Crippen LogP contribution is -2.09. The van der Waals surface area contributed by atoms with Crippen LogP contribution in [-0.4, -0.2) is 16.0 Å². The normalized spacial score (nSPS) is 11.6. The Morgan fingerprint density at radius 1 is 1.35 bits per heavy atom. The molecule has 17 heavy (non-hydrogen) atoms. The number of alkyl halides is 3. The van der Waals surface area contributed by atoms with Crippen LogP contribution in [0.4, 0.5) is 13.2 Å². The number of hydrogen-bond acceptors (Lipinski definition) is 1. The van der Waals surface area contributed by atoms with Gasteiger partial charge in [-0.3, -0.25) is 0 Å². The summed E-state index contributed by atoms with van der Waals surface area (Å²) >= 11 is 11.2. The fraction of sp³-hybridized carbons (Fsp3) is 0.300. The molecule has 1 aromatic carbocycles. The van der Waals surface area contributed by atoms with Gasteiger partial charge in [0.05, 0.1) is 28.5 Å². The highest BCUT2D eigenvalue weighted by molar-refractivity contribution is 6.31. The molecule has 1 heterocycles. The van der Waals surface area contributed by atoms with E-state index in [0.717, 1.165) is 6.07 Å². The largest absolute Gasteiger partial charge is 0.321 e. The van der Waals surface area contributed by atoms with E-state index >= 15 is 0 Å². The molecule has 1 aromatic heterocycles. The molecule has 2 rings (SSSR count). The van der Waals surface area contributed by atoms with Gasteiger partial charge < -0.3 is 4.57 Å². The number of benzene rings is 1. The van der Waals surface area contributed by atoms with Crippen LogP contribution in [0.5, 0.6) is 0 Å². The van der Waals surface area contributed by atoms with Crippen LogP contribution in [0.15, 0.2) is 12.1 Å². The van der Waals surface area contributed by atoms with Gasteiger partial charge in [0, 0.05) is 6.07 Å². The van der Waals surface area contributed by atoms with Crippen molar-refractivity contribution in [3.05, 3.63) is 28.8 Å². The van der Waals surface area contributed by atoms with Crippen molar-refractivity contribution >= 4 is 34.2 Å². The van der Waals surface area contributed by atoms with E-state index in [1.54, 1.807) is 0 Å². The number of rotatable bonds is 3. The first-order chi connectivity index (χ1) is 8.02. The van der Waals surface area contributed by atoms with Crippen molar-refractivity contribution in [3.63, 3.8) is 0 Å². The molecule has 0 atom stereocenters. The van der Waals surface area contributed by atoms with Gasteiger partial charge in [-0.2, -0.15) is 0 Å². The molecule has 0 N–H and O–H groups in total. The summed E-state index contributed by atoms with van der Waals surface area (Å²) in [6, 6.07) is 2.38. The number of fused-ring (bicyclic) bond motifs is 1. The van der Waals surface area contributed by atoms with Crippen molar-refractivity contribution in [3.8, 4) is 0 Å². The lowest BCUT2D eigenvalue weighted by atomic mass is 10.3. The van der Waals surface area contributed by atoms with Crippen LogP contribution in [0, 0.1) is 5.82 Å². The van der Waals surface area contributed by atoms with Crippen molar-refractivity contribution in [2.45, 2.75) is 18.9 Å². The first-order valence-electron chi connectivity index (χ1n) is 4.71. The van der Waals surface area contributed by atoms with E-state index in [0.29, 0.717) is 5.52 Å². The van der Waals surface area contributed by atoms with Gasteiger partial charge in [-0.1, -0.05) is 11.6 Å². The third-order valence-corrected chi connectivity index (χ3v) is 2.84. The van der Waals surface area contributed by atoms with Gasteiger partial charge in [0.1, 0.15) is 11.6 Å². The first-order valence-corrected chi connectivity index (χ1v) is 5.62. The van der Waals surface area contributed by atoms with Crippen LogP contribution in [0.1, 0.15) is 5.82 Å². The van der Waals surface area contributed by atoms with Crippen LogP contribution >= 0.6 is 23.2 Å². The quantitative estimate of drug-likeness (QED) is 0.783. The Hall–Kier alpha value is -0.940. The molecule has 2 nitrogen and oxygen atoms in total. The first kappa shape index (κ1) is 12.5.